The van der Waals surface area contributed by atoms with Gasteiger partial charge in [0, 0.05) is 56.2 Å². The lowest BCUT2D eigenvalue weighted by molar-refractivity contribution is 0.0260. The largest absolute Gasteiger partial charge is 0.481 e. The molecule has 0 saturated carbocycles. The van der Waals surface area contributed by atoms with Crippen molar-refractivity contribution in [2.45, 2.75) is 25.4 Å². The van der Waals surface area contributed by atoms with Gasteiger partial charge < -0.3 is 14.4 Å². The van der Waals surface area contributed by atoms with Crippen molar-refractivity contribution in [1.29, 1.82) is 0 Å². The predicted molar refractivity (Wildman–Crippen MR) is 111 cm³/mol. The molecule has 1 saturated heterocycles. The Labute approximate surface area is 179 Å². The van der Waals surface area contributed by atoms with E-state index in [-0.39, 0.29) is 23.6 Å². The molecule has 1 amide bonds. The zero-order chi connectivity index (χ0) is 21.8. The quantitative estimate of drug-likeness (QED) is 0.604. The van der Waals surface area contributed by atoms with Crippen molar-refractivity contribution in [3.05, 3.63) is 60.1 Å². The van der Waals surface area contributed by atoms with Crippen LogP contribution in [-0.4, -0.2) is 56.9 Å². The minimum Gasteiger partial charge on any atom is -0.481 e. The Morgan fingerprint density at radius 2 is 2.06 bits per heavy atom. The highest BCUT2D eigenvalue weighted by atomic mass is 19.1. The Hall–Kier alpha value is -3.33. The van der Waals surface area contributed by atoms with Gasteiger partial charge in [0.05, 0.1) is 7.11 Å². The fraction of sp³-hybridized carbons (Fsp3) is 0.364. The maximum Gasteiger partial charge on any atom is 0.294 e. The summed E-state index contributed by atoms with van der Waals surface area (Å²) in [6, 6.07) is 8.31. The van der Waals surface area contributed by atoms with E-state index in [0.717, 1.165) is 18.4 Å². The number of pyridine rings is 1. The lowest BCUT2D eigenvalue weighted by Crippen LogP contribution is -2.43. The Balaban J connectivity index is 1.63. The molecular weight excluding hydrogens is 401 g/mol. The molecule has 0 unspecified atom stereocenters. The lowest BCUT2D eigenvalue weighted by Gasteiger charge is -2.33. The third kappa shape index (κ3) is 4.72. The maximum absolute atomic E-state index is 14.6. The molecule has 3 heterocycles. The highest BCUT2D eigenvalue weighted by molar-refractivity contribution is 5.90. The third-order valence-electron chi connectivity index (χ3n) is 5.32. The number of carbonyl (C=O) groups excluding carboxylic acids is 1. The van der Waals surface area contributed by atoms with Crippen LogP contribution in [0.1, 0.15) is 29.0 Å². The van der Waals surface area contributed by atoms with Crippen LogP contribution < -0.4 is 4.74 Å². The first-order valence-corrected chi connectivity index (χ1v) is 10.1. The van der Waals surface area contributed by atoms with Gasteiger partial charge in [0.1, 0.15) is 12.1 Å². The topological polar surface area (TPSA) is 82.4 Å². The number of methoxy groups -OCH3 is 1. The number of hydrogen-bond acceptors (Lipinski definition) is 6. The average molecular weight is 425 g/mol. The van der Waals surface area contributed by atoms with Crippen LogP contribution in [0.3, 0.4) is 0 Å². The number of halogens is 1. The Kier molecular flexibility index (Phi) is 6.22. The van der Waals surface area contributed by atoms with Gasteiger partial charge in [-0.05, 0) is 36.6 Å². The summed E-state index contributed by atoms with van der Waals surface area (Å²) in [6.45, 7) is 1.51. The number of aryl methyl sites for hydroxylation is 1. The average Bonchev–Trinajstić information content (AvgIpc) is 3.25. The van der Waals surface area contributed by atoms with Crippen LogP contribution in [0, 0.1) is 5.82 Å². The van der Waals surface area contributed by atoms with Crippen LogP contribution in [0.5, 0.6) is 5.88 Å². The second kappa shape index (κ2) is 9.22. The number of hydrogen-bond donors (Lipinski definition) is 0. The molecule has 3 aromatic rings. The van der Waals surface area contributed by atoms with Crippen molar-refractivity contribution < 1.29 is 18.7 Å². The van der Waals surface area contributed by atoms with Gasteiger partial charge in [0.25, 0.3) is 5.91 Å². The second-order valence-electron chi connectivity index (χ2n) is 7.42. The molecule has 0 spiro atoms. The molecule has 9 heteroatoms. The van der Waals surface area contributed by atoms with Gasteiger partial charge in [-0.3, -0.25) is 9.48 Å². The summed E-state index contributed by atoms with van der Waals surface area (Å²) < 4.78 is 26.6. The minimum atomic E-state index is -0.356. The fourth-order valence-corrected chi connectivity index (χ4v) is 3.68. The SMILES string of the molecule is COc1ccc(-c2cc(CN(C(=O)c3ncn(C)n3)C3CCOCC3)ccc2F)cn1. The van der Waals surface area contributed by atoms with Crippen LogP contribution in [0.15, 0.2) is 42.9 Å². The van der Waals surface area contributed by atoms with E-state index in [1.54, 1.807) is 42.4 Å². The highest BCUT2D eigenvalue weighted by Gasteiger charge is 2.29. The Morgan fingerprint density at radius 1 is 1.26 bits per heavy atom. The summed E-state index contributed by atoms with van der Waals surface area (Å²) in [5.41, 5.74) is 1.86. The van der Waals surface area contributed by atoms with Crippen LogP contribution in [0.2, 0.25) is 0 Å². The van der Waals surface area contributed by atoms with Gasteiger partial charge in [-0.25, -0.2) is 14.4 Å². The zero-order valence-electron chi connectivity index (χ0n) is 17.5. The highest BCUT2D eigenvalue weighted by Crippen LogP contribution is 2.27. The van der Waals surface area contributed by atoms with Crippen LogP contribution in [0.25, 0.3) is 11.1 Å². The number of amides is 1. The van der Waals surface area contributed by atoms with E-state index in [2.05, 4.69) is 15.1 Å². The molecule has 8 nitrogen and oxygen atoms in total. The van der Waals surface area contributed by atoms with Crippen LogP contribution in [-0.2, 0) is 18.3 Å². The first-order chi connectivity index (χ1) is 15.0. The molecule has 0 radical (unpaired) electrons. The molecule has 2 aromatic heterocycles. The molecule has 31 heavy (non-hydrogen) atoms. The summed E-state index contributed by atoms with van der Waals surface area (Å²) in [7, 11) is 3.25. The van der Waals surface area contributed by atoms with Gasteiger partial charge in [0.2, 0.25) is 11.7 Å². The number of aromatic nitrogens is 4. The molecule has 1 aliphatic heterocycles. The third-order valence-corrected chi connectivity index (χ3v) is 5.32. The van der Waals surface area contributed by atoms with Crippen molar-refractivity contribution in [1.82, 2.24) is 24.6 Å². The predicted octanol–water partition coefficient (Wildman–Crippen LogP) is 2.85. The van der Waals surface area contributed by atoms with Gasteiger partial charge in [-0.15, -0.1) is 5.10 Å². The number of rotatable bonds is 6. The molecule has 0 N–H and O–H groups in total. The van der Waals surface area contributed by atoms with E-state index in [4.69, 9.17) is 9.47 Å². The van der Waals surface area contributed by atoms with E-state index in [1.165, 1.54) is 24.2 Å². The molecule has 0 aliphatic carbocycles. The summed E-state index contributed by atoms with van der Waals surface area (Å²) >= 11 is 0. The number of nitrogens with zero attached hydrogens (tertiary/aromatic N) is 5. The molecule has 0 bridgehead atoms. The molecule has 162 valence electrons. The smallest absolute Gasteiger partial charge is 0.294 e. The van der Waals surface area contributed by atoms with Crippen molar-refractivity contribution in [2.24, 2.45) is 7.05 Å². The van der Waals surface area contributed by atoms with Crippen molar-refractivity contribution in [3.8, 4) is 17.0 Å². The number of ether oxygens (including phenoxy) is 2. The van der Waals surface area contributed by atoms with Crippen LogP contribution >= 0.6 is 0 Å². The molecular formula is C22H24FN5O3. The van der Waals surface area contributed by atoms with Crippen molar-refractivity contribution in [2.75, 3.05) is 20.3 Å². The van der Waals surface area contributed by atoms with Crippen LogP contribution in [0.4, 0.5) is 4.39 Å². The van der Waals surface area contributed by atoms with E-state index in [0.29, 0.717) is 36.8 Å². The molecule has 1 fully saturated rings. The zero-order valence-corrected chi connectivity index (χ0v) is 17.5. The molecule has 4 rings (SSSR count). The van der Waals surface area contributed by atoms with Crippen molar-refractivity contribution in [3.63, 3.8) is 0 Å². The van der Waals surface area contributed by atoms with E-state index in [1.807, 2.05) is 0 Å². The minimum absolute atomic E-state index is 0.00112. The maximum atomic E-state index is 14.6. The first-order valence-electron chi connectivity index (χ1n) is 10.1. The Morgan fingerprint density at radius 3 is 2.71 bits per heavy atom. The second-order valence-corrected chi connectivity index (χ2v) is 7.42. The van der Waals surface area contributed by atoms with E-state index < -0.39 is 0 Å². The number of benzene rings is 1. The summed E-state index contributed by atoms with van der Waals surface area (Å²) in [5, 5.41) is 4.17. The van der Waals surface area contributed by atoms with Gasteiger partial charge in [-0.2, -0.15) is 0 Å². The van der Waals surface area contributed by atoms with E-state index in [9.17, 15) is 9.18 Å². The molecule has 1 aromatic carbocycles. The summed E-state index contributed by atoms with van der Waals surface area (Å²) in [4.78, 5) is 23.2. The normalized spacial score (nSPS) is 14.4. The standard InChI is InChI=1S/C22H24FN5O3/c1-27-14-25-21(26-27)22(29)28(17-7-9-31-10-8-17)13-15-3-5-19(23)18(11-15)16-4-6-20(30-2)24-12-16/h3-6,11-12,14,17H,7-10,13H2,1-2H3. The van der Waals surface area contributed by atoms with E-state index >= 15 is 0 Å². The van der Waals surface area contributed by atoms with Crippen molar-refractivity contribution >= 4 is 5.91 Å². The monoisotopic (exact) mass is 425 g/mol. The first kappa shape index (κ1) is 20.9. The lowest BCUT2D eigenvalue weighted by atomic mass is 10.0. The molecule has 0 atom stereocenters. The Bertz CT molecular complexity index is 1050. The van der Waals surface area contributed by atoms with Gasteiger partial charge >= 0.3 is 0 Å². The fourth-order valence-electron chi connectivity index (χ4n) is 3.68. The van der Waals surface area contributed by atoms with Gasteiger partial charge in [0.15, 0.2) is 0 Å². The molecule has 1 aliphatic rings. The number of carbonyl (C=O) groups is 1. The summed E-state index contributed by atoms with van der Waals surface area (Å²) in [6.07, 6.45) is 4.53. The van der Waals surface area contributed by atoms with Gasteiger partial charge in [-0.1, -0.05) is 6.07 Å². The summed E-state index contributed by atoms with van der Waals surface area (Å²) in [5.74, 6) is 0.00526.